The zero-order valence-corrected chi connectivity index (χ0v) is 13.9. The minimum Gasteiger partial charge on any atom is -0.354 e. The molecule has 2 aromatic heterocycles. The van der Waals surface area contributed by atoms with E-state index in [0.717, 1.165) is 15.8 Å². The first-order chi connectivity index (χ1) is 12.6. The fourth-order valence-electron chi connectivity index (χ4n) is 2.43. The van der Waals surface area contributed by atoms with Crippen molar-refractivity contribution in [2.24, 2.45) is 0 Å². The summed E-state index contributed by atoms with van der Waals surface area (Å²) in [5, 5.41) is 6.97. The number of hydrogen-bond acceptors (Lipinski definition) is 4. The number of amides is 1. The van der Waals surface area contributed by atoms with Crippen LogP contribution in [0.15, 0.2) is 65.7 Å². The third kappa shape index (κ3) is 4.60. The normalized spacial score (nSPS) is 10.5. The van der Waals surface area contributed by atoms with Crippen molar-refractivity contribution < 1.29 is 9.18 Å². The van der Waals surface area contributed by atoms with Gasteiger partial charge in [0.2, 0.25) is 5.91 Å². The summed E-state index contributed by atoms with van der Waals surface area (Å²) in [6, 6.07) is 12.7. The van der Waals surface area contributed by atoms with Crippen LogP contribution in [0.5, 0.6) is 0 Å². The van der Waals surface area contributed by atoms with Crippen LogP contribution in [0.25, 0.3) is 11.3 Å². The molecule has 2 heterocycles. The lowest BCUT2D eigenvalue weighted by Crippen LogP contribution is -2.34. The second kappa shape index (κ2) is 8.15. The van der Waals surface area contributed by atoms with Crippen LogP contribution in [0.1, 0.15) is 5.56 Å². The van der Waals surface area contributed by atoms with Crippen molar-refractivity contribution in [2.75, 3.05) is 6.54 Å². The van der Waals surface area contributed by atoms with E-state index in [0.29, 0.717) is 18.7 Å². The van der Waals surface area contributed by atoms with Crippen molar-refractivity contribution in [1.29, 1.82) is 0 Å². The van der Waals surface area contributed by atoms with Crippen molar-refractivity contribution in [3.63, 3.8) is 0 Å². The van der Waals surface area contributed by atoms with Gasteiger partial charge in [0.1, 0.15) is 12.4 Å². The van der Waals surface area contributed by atoms with Gasteiger partial charge in [-0.3, -0.25) is 14.6 Å². The van der Waals surface area contributed by atoms with Crippen molar-refractivity contribution in [2.45, 2.75) is 13.0 Å². The largest absolute Gasteiger partial charge is 0.354 e. The highest BCUT2D eigenvalue weighted by atomic mass is 19.1. The quantitative estimate of drug-likeness (QED) is 0.734. The number of benzene rings is 1. The summed E-state index contributed by atoms with van der Waals surface area (Å²) in [4.78, 5) is 28.0. The van der Waals surface area contributed by atoms with Crippen LogP contribution in [0.2, 0.25) is 0 Å². The van der Waals surface area contributed by atoms with Gasteiger partial charge in [0.05, 0.1) is 5.69 Å². The summed E-state index contributed by atoms with van der Waals surface area (Å²) >= 11 is 0. The molecule has 6 nitrogen and oxygen atoms in total. The molecule has 0 atom stereocenters. The summed E-state index contributed by atoms with van der Waals surface area (Å²) < 4.78 is 14.0. The molecule has 3 rings (SSSR count). The Morgan fingerprint density at radius 3 is 2.50 bits per heavy atom. The number of aromatic nitrogens is 3. The van der Waals surface area contributed by atoms with Crippen molar-refractivity contribution in [1.82, 2.24) is 20.1 Å². The molecule has 0 aliphatic heterocycles. The number of rotatable bonds is 6. The molecule has 1 amide bonds. The van der Waals surface area contributed by atoms with Gasteiger partial charge in [-0.1, -0.05) is 12.1 Å². The number of nitrogens with zero attached hydrogens (tertiary/aromatic N) is 3. The number of halogens is 1. The first-order valence-corrected chi connectivity index (χ1v) is 8.11. The minimum atomic E-state index is -0.350. The SMILES string of the molecule is O=C(Cn1nc(-c2ccncc2)ccc1=O)NCCc1ccc(F)cc1. The molecule has 0 bridgehead atoms. The Bertz CT molecular complexity index is 940. The fourth-order valence-corrected chi connectivity index (χ4v) is 2.43. The lowest BCUT2D eigenvalue weighted by molar-refractivity contribution is -0.121. The molecule has 3 aromatic rings. The molecule has 0 aliphatic carbocycles. The van der Waals surface area contributed by atoms with Crippen LogP contribution in [0.4, 0.5) is 4.39 Å². The van der Waals surface area contributed by atoms with Gasteiger partial charge in [-0.05, 0) is 42.3 Å². The van der Waals surface area contributed by atoms with E-state index in [4.69, 9.17) is 0 Å². The van der Waals surface area contributed by atoms with E-state index in [2.05, 4.69) is 15.4 Å². The van der Waals surface area contributed by atoms with E-state index in [9.17, 15) is 14.0 Å². The van der Waals surface area contributed by atoms with Crippen LogP contribution in [-0.2, 0) is 17.8 Å². The van der Waals surface area contributed by atoms with Crippen LogP contribution >= 0.6 is 0 Å². The third-order valence-electron chi connectivity index (χ3n) is 3.79. The second-order valence-corrected chi connectivity index (χ2v) is 5.68. The minimum absolute atomic E-state index is 0.166. The fraction of sp³-hybridized carbons (Fsp3) is 0.158. The highest BCUT2D eigenvalue weighted by Gasteiger charge is 2.08. The Morgan fingerprint density at radius 1 is 1.04 bits per heavy atom. The molecule has 0 saturated heterocycles. The monoisotopic (exact) mass is 352 g/mol. The number of nitrogens with one attached hydrogen (secondary N) is 1. The number of carbonyl (C=O) groups excluding carboxylic acids is 1. The Balaban J connectivity index is 1.60. The molecule has 7 heteroatoms. The zero-order valence-electron chi connectivity index (χ0n) is 13.9. The summed E-state index contributed by atoms with van der Waals surface area (Å²) in [5.74, 6) is -0.606. The van der Waals surface area contributed by atoms with E-state index in [1.165, 1.54) is 18.2 Å². The first kappa shape index (κ1) is 17.5. The Kier molecular flexibility index (Phi) is 5.48. The van der Waals surface area contributed by atoms with Crippen LogP contribution < -0.4 is 10.9 Å². The van der Waals surface area contributed by atoms with Gasteiger partial charge in [0.15, 0.2) is 0 Å². The summed E-state index contributed by atoms with van der Waals surface area (Å²) in [7, 11) is 0. The van der Waals surface area contributed by atoms with Gasteiger partial charge >= 0.3 is 0 Å². The van der Waals surface area contributed by atoms with Gasteiger partial charge in [-0.25, -0.2) is 9.07 Å². The standard InChI is InChI=1S/C19H17FN4O2/c20-16-3-1-14(2-4-16)7-12-22-18(25)13-24-19(26)6-5-17(23-24)15-8-10-21-11-9-15/h1-6,8-11H,7,12-13H2,(H,22,25). The summed E-state index contributed by atoms with van der Waals surface area (Å²) in [6.45, 7) is 0.227. The number of carbonyl (C=O) groups is 1. The highest BCUT2D eigenvalue weighted by Crippen LogP contribution is 2.12. The van der Waals surface area contributed by atoms with Crippen LogP contribution in [0, 0.1) is 5.82 Å². The van der Waals surface area contributed by atoms with E-state index < -0.39 is 0 Å². The molecule has 0 saturated carbocycles. The molecule has 1 aromatic carbocycles. The van der Waals surface area contributed by atoms with Gasteiger partial charge in [0.25, 0.3) is 5.56 Å². The maximum atomic E-state index is 12.9. The molecule has 0 spiro atoms. The van der Waals surface area contributed by atoms with Crippen LogP contribution in [0.3, 0.4) is 0 Å². The molecular formula is C19H17FN4O2. The van der Waals surface area contributed by atoms with Gasteiger partial charge < -0.3 is 5.32 Å². The predicted octanol–water partition coefficient (Wildman–Crippen LogP) is 1.80. The molecule has 0 fully saturated rings. The lowest BCUT2D eigenvalue weighted by Gasteiger charge is -2.08. The van der Waals surface area contributed by atoms with Gasteiger partial charge in [-0.2, -0.15) is 5.10 Å². The van der Waals surface area contributed by atoms with Gasteiger partial charge in [0, 0.05) is 30.6 Å². The molecule has 1 N–H and O–H groups in total. The van der Waals surface area contributed by atoms with Gasteiger partial charge in [-0.15, -0.1) is 0 Å². The Labute approximate surface area is 149 Å². The average Bonchev–Trinajstić information content (AvgIpc) is 2.66. The lowest BCUT2D eigenvalue weighted by atomic mass is 10.1. The number of hydrogen-bond donors (Lipinski definition) is 1. The maximum Gasteiger partial charge on any atom is 0.267 e. The van der Waals surface area contributed by atoms with E-state index in [1.807, 2.05) is 0 Å². The second-order valence-electron chi connectivity index (χ2n) is 5.68. The molecular weight excluding hydrogens is 335 g/mol. The maximum absolute atomic E-state index is 12.9. The topological polar surface area (TPSA) is 76.9 Å². The van der Waals surface area contributed by atoms with E-state index in [-0.39, 0.29) is 23.8 Å². The molecule has 0 aliphatic rings. The van der Waals surface area contributed by atoms with Crippen molar-refractivity contribution in [3.8, 4) is 11.3 Å². The Morgan fingerprint density at radius 2 is 1.77 bits per heavy atom. The summed E-state index contributed by atoms with van der Waals surface area (Å²) in [6.07, 6.45) is 3.84. The van der Waals surface area contributed by atoms with E-state index in [1.54, 1.807) is 42.7 Å². The average molecular weight is 352 g/mol. The molecule has 0 radical (unpaired) electrons. The smallest absolute Gasteiger partial charge is 0.267 e. The van der Waals surface area contributed by atoms with Crippen LogP contribution in [-0.4, -0.2) is 27.2 Å². The third-order valence-corrected chi connectivity index (χ3v) is 3.79. The summed E-state index contributed by atoms with van der Waals surface area (Å²) in [5.41, 5.74) is 1.97. The first-order valence-electron chi connectivity index (χ1n) is 8.11. The van der Waals surface area contributed by atoms with Crippen molar-refractivity contribution in [3.05, 3.63) is 82.7 Å². The molecule has 132 valence electrons. The van der Waals surface area contributed by atoms with Crippen molar-refractivity contribution >= 4 is 5.91 Å². The molecule has 26 heavy (non-hydrogen) atoms. The van der Waals surface area contributed by atoms with E-state index >= 15 is 0 Å². The number of pyridine rings is 1. The Hall–Kier alpha value is -3.35. The molecule has 0 unspecified atom stereocenters. The zero-order chi connectivity index (χ0) is 18.4. The predicted molar refractivity (Wildman–Crippen MR) is 94.8 cm³/mol. The highest BCUT2D eigenvalue weighted by molar-refractivity contribution is 5.75.